The highest BCUT2D eigenvalue weighted by Gasteiger charge is 2.27. The van der Waals surface area contributed by atoms with E-state index in [1.807, 2.05) is 0 Å². The number of hydrogen-bond donors (Lipinski definition) is 0. The Morgan fingerprint density at radius 3 is 1.97 bits per heavy atom. The van der Waals surface area contributed by atoms with Gasteiger partial charge in [-0.3, -0.25) is 0 Å². The fraction of sp³-hybridized carbons (Fsp3) is 0.567. The molecule has 0 saturated carbocycles. The molecule has 0 N–H and O–H groups in total. The highest BCUT2D eigenvalue weighted by molar-refractivity contribution is 5.99. The summed E-state index contributed by atoms with van der Waals surface area (Å²) in [7, 11) is 5.16. The van der Waals surface area contributed by atoms with Crippen molar-refractivity contribution in [3.8, 4) is 17.2 Å². The molecular formula is C30H44NO3+. The Morgan fingerprint density at radius 1 is 0.735 bits per heavy atom. The maximum absolute atomic E-state index is 5.66. The van der Waals surface area contributed by atoms with E-state index in [-0.39, 0.29) is 0 Å². The maximum atomic E-state index is 5.66. The number of nitrogens with zero attached hydrogens (tertiary/aromatic N) is 1. The van der Waals surface area contributed by atoms with E-state index in [1.165, 1.54) is 80.2 Å². The summed E-state index contributed by atoms with van der Waals surface area (Å²) in [6.07, 6.45) is 14.3. The average molecular weight is 467 g/mol. The molecule has 0 spiro atoms. The molecule has 0 aliphatic carbocycles. The number of rotatable bonds is 15. The first-order valence-corrected chi connectivity index (χ1v) is 13.2. The first kappa shape index (κ1) is 26.1. The predicted octanol–water partition coefficient (Wildman–Crippen LogP) is 7.19. The third-order valence-electron chi connectivity index (χ3n) is 7.00. The van der Waals surface area contributed by atoms with Gasteiger partial charge in [-0.05, 0) is 48.4 Å². The molecule has 2 aromatic rings. The van der Waals surface area contributed by atoms with Crippen LogP contribution in [0.15, 0.2) is 36.4 Å². The number of benzene rings is 2. The molecular weight excluding hydrogens is 422 g/mol. The van der Waals surface area contributed by atoms with Gasteiger partial charge in [0, 0.05) is 24.0 Å². The van der Waals surface area contributed by atoms with Gasteiger partial charge in [0.1, 0.15) is 12.3 Å². The van der Waals surface area contributed by atoms with Gasteiger partial charge >= 0.3 is 0 Å². The standard InChI is InChI=1S/C30H44NO3/c1-5-6-7-8-9-10-11-12-13-14-28-27-22-30(34-4)29(33-3)21-25(27)19-20-31(28)23-24-15-17-26(32-2)18-16-24/h15-18,21-22H,5-14,19-20,23H2,1-4H3/q+1. The highest BCUT2D eigenvalue weighted by Crippen LogP contribution is 2.33. The Labute approximate surface area is 206 Å². The van der Waals surface area contributed by atoms with Crippen LogP contribution in [0.4, 0.5) is 0 Å². The van der Waals surface area contributed by atoms with Crippen molar-refractivity contribution in [3.05, 3.63) is 53.1 Å². The number of unbranched alkanes of at least 4 members (excludes halogenated alkanes) is 8. The zero-order chi connectivity index (χ0) is 24.2. The lowest BCUT2D eigenvalue weighted by Gasteiger charge is -2.21. The molecule has 0 fully saturated rings. The Balaban J connectivity index is 1.72. The third kappa shape index (κ3) is 7.25. The summed E-state index contributed by atoms with van der Waals surface area (Å²) in [6, 6.07) is 12.8. The molecule has 4 heteroatoms. The predicted molar refractivity (Wildman–Crippen MR) is 141 cm³/mol. The van der Waals surface area contributed by atoms with E-state index in [4.69, 9.17) is 14.2 Å². The minimum Gasteiger partial charge on any atom is -0.497 e. The Morgan fingerprint density at radius 2 is 1.35 bits per heavy atom. The topological polar surface area (TPSA) is 30.7 Å². The third-order valence-corrected chi connectivity index (χ3v) is 7.00. The monoisotopic (exact) mass is 466 g/mol. The average Bonchev–Trinajstić information content (AvgIpc) is 2.88. The Hall–Kier alpha value is -2.49. The molecule has 0 bridgehead atoms. The van der Waals surface area contributed by atoms with Gasteiger partial charge in [0.15, 0.2) is 23.8 Å². The van der Waals surface area contributed by atoms with Crippen molar-refractivity contribution in [3.63, 3.8) is 0 Å². The van der Waals surface area contributed by atoms with Crippen LogP contribution in [0.3, 0.4) is 0 Å². The van der Waals surface area contributed by atoms with E-state index < -0.39 is 0 Å². The molecule has 2 aromatic carbocycles. The van der Waals surface area contributed by atoms with Gasteiger partial charge in [-0.25, -0.2) is 4.58 Å². The normalized spacial score (nSPS) is 13.1. The molecule has 0 saturated heterocycles. The molecule has 0 amide bonds. The Kier molecular flexibility index (Phi) is 10.8. The van der Waals surface area contributed by atoms with Crippen LogP contribution < -0.4 is 14.2 Å². The van der Waals surface area contributed by atoms with Crippen molar-refractivity contribution in [1.29, 1.82) is 0 Å². The fourth-order valence-electron chi connectivity index (χ4n) is 4.98. The second-order valence-corrected chi connectivity index (χ2v) is 9.41. The van der Waals surface area contributed by atoms with Gasteiger partial charge in [-0.15, -0.1) is 0 Å². The number of hydrogen-bond acceptors (Lipinski definition) is 3. The zero-order valence-corrected chi connectivity index (χ0v) is 21.8. The smallest absolute Gasteiger partial charge is 0.184 e. The first-order valence-electron chi connectivity index (χ1n) is 13.2. The largest absolute Gasteiger partial charge is 0.497 e. The van der Waals surface area contributed by atoms with Crippen LogP contribution >= 0.6 is 0 Å². The van der Waals surface area contributed by atoms with Crippen LogP contribution in [0.2, 0.25) is 0 Å². The van der Waals surface area contributed by atoms with Crippen molar-refractivity contribution in [2.45, 2.75) is 84.1 Å². The molecule has 3 rings (SSSR count). The summed E-state index contributed by atoms with van der Waals surface area (Å²) < 4.78 is 19.2. The molecule has 0 unspecified atom stereocenters. The summed E-state index contributed by atoms with van der Waals surface area (Å²) in [4.78, 5) is 0. The molecule has 4 nitrogen and oxygen atoms in total. The Bertz CT molecular complexity index is 917. The molecule has 186 valence electrons. The van der Waals surface area contributed by atoms with Gasteiger partial charge in [0.05, 0.1) is 21.3 Å². The van der Waals surface area contributed by atoms with Crippen LogP contribution in [0.25, 0.3) is 0 Å². The van der Waals surface area contributed by atoms with Crippen LogP contribution in [-0.2, 0) is 13.0 Å². The van der Waals surface area contributed by atoms with Crippen molar-refractivity contribution < 1.29 is 18.8 Å². The van der Waals surface area contributed by atoms with Gasteiger partial charge in [-0.1, -0.05) is 58.3 Å². The van der Waals surface area contributed by atoms with Crippen molar-refractivity contribution >= 4 is 5.71 Å². The first-order chi connectivity index (χ1) is 16.7. The summed E-state index contributed by atoms with van der Waals surface area (Å²) in [5, 5.41) is 0. The summed E-state index contributed by atoms with van der Waals surface area (Å²) in [5.41, 5.74) is 5.46. The zero-order valence-electron chi connectivity index (χ0n) is 21.8. The lowest BCUT2D eigenvalue weighted by atomic mass is 9.92. The van der Waals surface area contributed by atoms with Gasteiger partial charge in [0.25, 0.3) is 0 Å². The van der Waals surface area contributed by atoms with Crippen molar-refractivity contribution in [2.24, 2.45) is 0 Å². The van der Waals surface area contributed by atoms with E-state index in [1.54, 1.807) is 21.3 Å². The minimum atomic E-state index is 0.817. The lowest BCUT2D eigenvalue weighted by Crippen LogP contribution is -2.30. The van der Waals surface area contributed by atoms with Gasteiger partial charge in [0.2, 0.25) is 0 Å². The summed E-state index contributed by atoms with van der Waals surface area (Å²) in [6.45, 7) is 4.23. The lowest BCUT2D eigenvalue weighted by molar-refractivity contribution is -0.545. The van der Waals surface area contributed by atoms with Crippen molar-refractivity contribution in [1.82, 2.24) is 0 Å². The quantitative estimate of drug-likeness (QED) is 0.205. The molecule has 1 aliphatic rings. The van der Waals surface area contributed by atoms with E-state index >= 15 is 0 Å². The molecule has 1 heterocycles. The van der Waals surface area contributed by atoms with Crippen LogP contribution in [0.1, 0.15) is 87.8 Å². The number of fused-ring (bicyclic) bond motifs is 1. The SMILES string of the molecule is CCCCCCCCCCCC1=[N+](Cc2ccc(OC)cc2)CCc2cc(OC)c(OC)cc21. The molecule has 0 radical (unpaired) electrons. The van der Waals surface area contributed by atoms with Gasteiger partial charge in [-0.2, -0.15) is 0 Å². The second kappa shape index (κ2) is 14.0. The molecule has 0 atom stereocenters. The van der Waals surface area contributed by atoms with Gasteiger partial charge < -0.3 is 14.2 Å². The summed E-state index contributed by atoms with van der Waals surface area (Å²) >= 11 is 0. The molecule has 34 heavy (non-hydrogen) atoms. The molecule has 0 aromatic heterocycles. The van der Waals surface area contributed by atoms with E-state index in [0.717, 1.165) is 43.2 Å². The second-order valence-electron chi connectivity index (χ2n) is 9.41. The number of ether oxygens (including phenoxy) is 3. The van der Waals surface area contributed by atoms with Crippen molar-refractivity contribution in [2.75, 3.05) is 27.9 Å². The van der Waals surface area contributed by atoms with Crippen LogP contribution in [0.5, 0.6) is 17.2 Å². The fourth-order valence-corrected chi connectivity index (χ4v) is 4.98. The maximum Gasteiger partial charge on any atom is 0.184 e. The van der Waals surface area contributed by atoms with Crippen LogP contribution in [-0.4, -0.2) is 38.2 Å². The minimum absolute atomic E-state index is 0.817. The molecule has 1 aliphatic heterocycles. The van der Waals surface area contributed by atoms with E-state index in [0.29, 0.717) is 0 Å². The van der Waals surface area contributed by atoms with Crippen LogP contribution in [0, 0.1) is 0 Å². The van der Waals surface area contributed by atoms with E-state index in [2.05, 4.69) is 47.9 Å². The highest BCUT2D eigenvalue weighted by atomic mass is 16.5. The summed E-state index contributed by atoms with van der Waals surface area (Å²) in [5.74, 6) is 2.55. The van der Waals surface area contributed by atoms with E-state index in [9.17, 15) is 0 Å². The number of methoxy groups -OCH3 is 3.